The Labute approximate surface area is 148 Å². The summed E-state index contributed by atoms with van der Waals surface area (Å²) in [4.78, 5) is 20.5. The maximum atomic E-state index is 12.4. The second-order valence-electron chi connectivity index (χ2n) is 4.73. The normalized spacial score (nSPS) is 11.3. The van der Waals surface area contributed by atoms with Crippen molar-refractivity contribution in [2.45, 2.75) is 18.2 Å². The van der Waals surface area contributed by atoms with E-state index < -0.39 is 10.0 Å². The van der Waals surface area contributed by atoms with Crippen molar-refractivity contribution in [3.8, 4) is 0 Å². The zero-order chi connectivity index (χ0) is 17.9. The van der Waals surface area contributed by atoms with E-state index in [9.17, 15) is 13.2 Å². The van der Waals surface area contributed by atoms with Crippen LogP contribution in [0.5, 0.6) is 0 Å². The summed E-state index contributed by atoms with van der Waals surface area (Å²) < 4.78 is 31.2. The second-order valence-corrected chi connectivity index (χ2v) is 7.54. The summed E-state index contributed by atoms with van der Waals surface area (Å²) in [5.41, 5.74) is 0.438. The van der Waals surface area contributed by atoms with Crippen LogP contribution in [0.3, 0.4) is 0 Å². The van der Waals surface area contributed by atoms with Crippen molar-refractivity contribution in [2.24, 2.45) is 0 Å². The van der Waals surface area contributed by atoms with Crippen LogP contribution in [0.2, 0.25) is 5.02 Å². The third kappa shape index (κ3) is 4.20. The SMILES string of the molecule is CON(C)C(=O)Cc1nsc(NS(=O)(=O)c2cccc(Cl)c2C)n1. The molecule has 130 valence electrons. The summed E-state index contributed by atoms with van der Waals surface area (Å²) in [6, 6.07) is 4.61. The molecular formula is C13H15ClN4O4S2. The van der Waals surface area contributed by atoms with E-state index in [-0.39, 0.29) is 28.2 Å². The molecule has 24 heavy (non-hydrogen) atoms. The van der Waals surface area contributed by atoms with E-state index in [1.165, 1.54) is 20.2 Å². The first-order chi connectivity index (χ1) is 11.2. The molecule has 2 aromatic rings. The number of anilines is 1. The summed E-state index contributed by atoms with van der Waals surface area (Å²) in [5, 5.41) is 1.46. The number of rotatable bonds is 6. The van der Waals surface area contributed by atoms with Crippen LogP contribution in [0, 0.1) is 6.92 Å². The highest BCUT2D eigenvalue weighted by molar-refractivity contribution is 7.93. The van der Waals surface area contributed by atoms with Gasteiger partial charge in [-0.25, -0.2) is 18.5 Å². The lowest BCUT2D eigenvalue weighted by atomic mass is 10.2. The van der Waals surface area contributed by atoms with Crippen molar-refractivity contribution in [3.63, 3.8) is 0 Å². The highest BCUT2D eigenvalue weighted by Crippen LogP contribution is 2.25. The van der Waals surface area contributed by atoms with Crippen molar-refractivity contribution in [3.05, 3.63) is 34.6 Å². The van der Waals surface area contributed by atoms with Gasteiger partial charge in [0.25, 0.3) is 15.9 Å². The van der Waals surface area contributed by atoms with Gasteiger partial charge in [0.2, 0.25) is 5.13 Å². The smallest absolute Gasteiger partial charge is 0.264 e. The number of amides is 1. The molecule has 11 heteroatoms. The van der Waals surface area contributed by atoms with Gasteiger partial charge in [-0.3, -0.25) is 14.4 Å². The molecule has 0 aliphatic rings. The molecule has 0 aliphatic heterocycles. The van der Waals surface area contributed by atoms with Gasteiger partial charge in [-0.2, -0.15) is 4.37 Å². The van der Waals surface area contributed by atoms with Gasteiger partial charge in [-0.15, -0.1) is 0 Å². The zero-order valence-electron chi connectivity index (χ0n) is 13.1. The first kappa shape index (κ1) is 18.6. The Balaban J connectivity index is 2.17. The first-order valence-corrected chi connectivity index (χ1v) is 9.29. The lowest BCUT2D eigenvalue weighted by Gasteiger charge is -2.11. The van der Waals surface area contributed by atoms with Crippen molar-refractivity contribution in [2.75, 3.05) is 18.9 Å². The van der Waals surface area contributed by atoms with Crippen LogP contribution < -0.4 is 4.72 Å². The molecule has 0 unspecified atom stereocenters. The zero-order valence-corrected chi connectivity index (χ0v) is 15.5. The molecule has 0 radical (unpaired) electrons. The molecule has 0 saturated heterocycles. The Morgan fingerprint density at radius 2 is 2.17 bits per heavy atom. The minimum Gasteiger partial charge on any atom is -0.275 e. The van der Waals surface area contributed by atoms with E-state index in [1.54, 1.807) is 19.1 Å². The monoisotopic (exact) mass is 390 g/mol. The van der Waals surface area contributed by atoms with Gasteiger partial charge in [-0.05, 0) is 24.6 Å². The van der Waals surface area contributed by atoms with Gasteiger partial charge in [-0.1, -0.05) is 17.7 Å². The van der Waals surface area contributed by atoms with Crippen LogP contribution in [0.4, 0.5) is 5.13 Å². The maximum absolute atomic E-state index is 12.4. The quantitative estimate of drug-likeness (QED) is 0.755. The Morgan fingerprint density at radius 3 is 2.83 bits per heavy atom. The molecule has 1 N–H and O–H groups in total. The fourth-order valence-electron chi connectivity index (χ4n) is 1.76. The molecule has 0 saturated carbocycles. The van der Waals surface area contributed by atoms with Crippen molar-refractivity contribution in [1.82, 2.24) is 14.4 Å². The second kappa shape index (κ2) is 7.43. The standard InChI is InChI=1S/C13H15ClN4O4S2/c1-8-9(14)5-4-6-10(8)24(20,21)17-13-15-11(16-23-13)7-12(19)18(2)22-3/h4-6H,7H2,1-3H3,(H,15,16,17). The topological polar surface area (TPSA) is 101 Å². The number of carbonyl (C=O) groups excluding carboxylic acids is 1. The van der Waals surface area contributed by atoms with Crippen molar-refractivity contribution < 1.29 is 18.0 Å². The first-order valence-electron chi connectivity index (χ1n) is 6.65. The number of nitrogens with one attached hydrogen (secondary N) is 1. The van der Waals surface area contributed by atoms with E-state index in [4.69, 9.17) is 16.4 Å². The van der Waals surface area contributed by atoms with Crippen LogP contribution in [-0.4, -0.2) is 42.9 Å². The van der Waals surface area contributed by atoms with Crippen LogP contribution in [0.1, 0.15) is 11.4 Å². The molecule has 8 nitrogen and oxygen atoms in total. The number of aromatic nitrogens is 2. The number of hydrogen-bond acceptors (Lipinski definition) is 7. The van der Waals surface area contributed by atoms with Gasteiger partial charge in [0.15, 0.2) is 5.82 Å². The number of nitrogens with zero attached hydrogens (tertiary/aromatic N) is 3. The molecule has 1 aromatic carbocycles. The summed E-state index contributed by atoms with van der Waals surface area (Å²) in [5.74, 6) is -0.148. The average Bonchev–Trinajstić information content (AvgIpc) is 2.95. The number of benzene rings is 1. The minimum absolute atomic E-state index is 0.0574. The molecule has 1 amide bonds. The summed E-state index contributed by atoms with van der Waals surface area (Å²) in [6.45, 7) is 1.61. The van der Waals surface area contributed by atoms with E-state index in [2.05, 4.69) is 14.1 Å². The van der Waals surface area contributed by atoms with Gasteiger partial charge in [0.05, 0.1) is 18.4 Å². The third-order valence-electron chi connectivity index (χ3n) is 3.13. The summed E-state index contributed by atoms with van der Waals surface area (Å²) in [6.07, 6.45) is -0.0985. The number of likely N-dealkylation sites (N-methyl/N-ethyl adjacent to an activating group) is 1. The fraction of sp³-hybridized carbons (Fsp3) is 0.308. The molecule has 0 fully saturated rings. The molecule has 2 rings (SSSR count). The Kier molecular flexibility index (Phi) is 5.75. The molecule has 0 atom stereocenters. The molecular weight excluding hydrogens is 376 g/mol. The predicted molar refractivity (Wildman–Crippen MR) is 90.4 cm³/mol. The highest BCUT2D eigenvalue weighted by Gasteiger charge is 2.21. The maximum Gasteiger partial charge on any atom is 0.264 e. The van der Waals surface area contributed by atoms with Crippen LogP contribution in [-0.2, 0) is 26.1 Å². The van der Waals surface area contributed by atoms with Crippen LogP contribution in [0.25, 0.3) is 0 Å². The molecule has 1 heterocycles. The number of halogens is 1. The van der Waals surface area contributed by atoms with Crippen molar-refractivity contribution >= 4 is 44.2 Å². The van der Waals surface area contributed by atoms with Crippen LogP contribution in [0.15, 0.2) is 23.1 Å². The largest absolute Gasteiger partial charge is 0.275 e. The average molecular weight is 391 g/mol. The number of carbonyl (C=O) groups is 1. The number of sulfonamides is 1. The van der Waals surface area contributed by atoms with E-state index >= 15 is 0 Å². The summed E-state index contributed by atoms with van der Waals surface area (Å²) >= 11 is 6.80. The highest BCUT2D eigenvalue weighted by atomic mass is 35.5. The van der Waals surface area contributed by atoms with E-state index in [0.717, 1.165) is 16.6 Å². The fourth-order valence-corrected chi connectivity index (χ4v) is 4.07. The Hall–Kier alpha value is -1.75. The van der Waals surface area contributed by atoms with E-state index in [0.29, 0.717) is 10.6 Å². The Morgan fingerprint density at radius 1 is 1.46 bits per heavy atom. The lowest BCUT2D eigenvalue weighted by Crippen LogP contribution is -2.27. The predicted octanol–water partition coefficient (Wildman–Crippen LogP) is 1.86. The Bertz CT molecular complexity index is 853. The lowest BCUT2D eigenvalue weighted by molar-refractivity contribution is -0.167. The van der Waals surface area contributed by atoms with Crippen molar-refractivity contribution in [1.29, 1.82) is 0 Å². The minimum atomic E-state index is -3.85. The molecule has 0 aliphatic carbocycles. The van der Waals surface area contributed by atoms with E-state index in [1.807, 2.05) is 0 Å². The summed E-state index contributed by atoms with van der Waals surface area (Å²) in [7, 11) is -1.03. The van der Waals surface area contributed by atoms with Gasteiger partial charge in [0.1, 0.15) is 0 Å². The van der Waals surface area contributed by atoms with Gasteiger partial charge >= 0.3 is 0 Å². The van der Waals surface area contributed by atoms with Gasteiger partial charge < -0.3 is 0 Å². The number of hydrogen-bond donors (Lipinski definition) is 1. The molecule has 0 spiro atoms. The third-order valence-corrected chi connectivity index (χ3v) is 5.82. The van der Waals surface area contributed by atoms with Gasteiger partial charge in [0, 0.05) is 23.6 Å². The van der Waals surface area contributed by atoms with Crippen LogP contribution >= 0.6 is 23.1 Å². The molecule has 1 aromatic heterocycles. The number of hydroxylamine groups is 2. The molecule has 0 bridgehead atoms.